The van der Waals surface area contributed by atoms with Gasteiger partial charge in [0.1, 0.15) is 0 Å². The molecule has 0 spiro atoms. The predicted octanol–water partition coefficient (Wildman–Crippen LogP) is 3.26. The van der Waals surface area contributed by atoms with Crippen molar-refractivity contribution in [2.75, 3.05) is 19.2 Å². The summed E-state index contributed by atoms with van der Waals surface area (Å²) in [5.41, 5.74) is 2.56. The molecule has 0 saturated carbocycles. The van der Waals surface area contributed by atoms with E-state index in [1.54, 1.807) is 11.1 Å². The molecule has 0 radical (unpaired) electrons. The van der Waals surface area contributed by atoms with Crippen LogP contribution in [0.1, 0.15) is 5.56 Å². The molecule has 0 heterocycles. The zero-order chi connectivity index (χ0) is 15.8. The molecule has 0 amide bonds. The summed E-state index contributed by atoms with van der Waals surface area (Å²) < 4.78 is 4.63. The van der Waals surface area contributed by atoms with Gasteiger partial charge in [-0.15, -0.1) is 0 Å². The molecule has 22 heavy (non-hydrogen) atoms. The van der Waals surface area contributed by atoms with Gasteiger partial charge in [0, 0.05) is 18.7 Å². The molecule has 0 bridgehead atoms. The molecule has 0 aliphatic heterocycles. The van der Waals surface area contributed by atoms with Crippen molar-refractivity contribution in [3.05, 3.63) is 78.4 Å². The van der Waals surface area contributed by atoms with Gasteiger partial charge in [-0.25, -0.2) is 4.79 Å². The van der Waals surface area contributed by atoms with Gasteiger partial charge in [0.25, 0.3) is 0 Å². The van der Waals surface area contributed by atoms with Crippen molar-refractivity contribution >= 4 is 17.4 Å². The van der Waals surface area contributed by atoms with Crippen LogP contribution in [-0.4, -0.2) is 25.8 Å². The number of carbonyl (C=O) groups is 1. The van der Waals surface area contributed by atoms with Gasteiger partial charge in [-0.3, -0.25) is 5.01 Å². The molecule has 0 unspecified atom stereocenters. The van der Waals surface area contributed by atoms with Gasteiger partial charge in [0.2, 0.25) is 0 Å². The largest absolute Gasteiger partial charge is 0.466 e. The summed E-state index contributed by atoms with van der Waals surface area (Å²) in [6, 6.07) is 19.5. The minimum Gasteiger partial charge on any atom is -0.466 e. The number of anilines is 1. The Bertz CT molecular complexity index is 664. The van der Waals surface area contributed by atoms with Gasteiger partial charge >= 0.3 is 5.97 Å². The van der Waals surface area contributed by atoms with Crippen LogP contribution in [0.25, 0.3) is 0 Å². The van der Waals surface area contributed by atoms with Crippen LogP contribution in [0.2, 0.25) is 0 Å². The van der Waals surface area contributed by atoms with Gasteiger partial charge in [-0.05, 0) is 18.2 Å². The first-order valence-electron chi connectivity index (χ1n) is 6.89. The minimum atomic E-state index is -0.411. The first kappa shape index (κ1) is 15.5. The summed E-state index contributed by atoms with van der Waals surface area (Å²) in [6.45, 7) is 0. The zero-order valence-corrected chi connectivity index (χ0v) is 12.6. The third-order valence-electron chi connectivity index (χ3n) is 3.04. The van der Waals surface area contributed by atoms with Crippen LogP contribution in [0.4, 0.5) is 5.69 Å². The maximum absolute atomic E-state index is 11.3. The van der Waals surface area contributed by atoms with E-state index in [1.165, 1.54) is 13.2 Å². The molecule has 0 atom stereocenters. The van der Waals surface area contributed by atoms with E-state index >= 15 is 0 Å². The molecule has 0 fully saturated rings. The van der Waals surface area contributed by atoms with Crippen LogP contribution in [0, 0.1) is 0 Å². The maximum Gasteiger partial charge on any atom is 0.330 e. The Balaban J connectivity index is 2.33. The number of nitrogens with zero attached hydrogens (tertiary/aromatic N) is 2. The lowest BCUT2D eigenvalue weighted by molar-refractivity contribution is -0.134. The van der Waals surface area contributed by atoms with Crippen LogP contribution in [0.3, 0.4) is 0 Å². The van der Waals surface area contributed by atoms with Crippen molar-refractivity contribution in [2.24, 2.45) is 5.10 Å². The number of carbonyl (C=O) groups excluding carboxylic acids is 1. The molecule has 2 aromatic carbocycles. The average Bonchev–Trinajstić information content (AvgIpc) is 2.59. The van der Waals surface area contributed by atoms with Crippen molar-refractivity contribution in [2.45, 2.75) is 0 Å². The standard InChI is InChI=1S/C18H18N2O2/c1-20(16-11-7-4-8-12-16)19-17(13-14-18(21)22-2)15-9-5-3-6-10-15/h3-14H,1-2H3/b14-13-,19-17-. The second-order valence-corrected chi connectivity index (χ2v) is 4.57. The monoisotopic (exact) mass is 294 g/mol. The molecular weight excluding hydrogens is 276 g/mol. The van der Waals surface area contributed by atoms with E-state index in [1.807, 2.05) is 67.7 Å². The maximum atomic E-state index is 11.3. The Kier molecular flexibility index (Phi) is 5.49. The number of para-hydroxylation sites is 1. The third-order valence-corrected chi connectivity index (χ3v) is 3.04. The van der Waals surface area contributed by atoms with Crippen molar-refractivity contribution in [1.29, 1.82) is 0 Å². The molecule has 2 aromatic rings. The Labute approximate surface area is 130 Å². The minimum absolute atomic E-state index is 0.411. The molecule has 0 saturated heterocycles. The van der Waals surface area contributed by atoms with Crippen LogP contribution in [-0.2, 0) is 9.53 Å². The molecule has 0 aromatic heterocycles. The normalized spacial score (nSPS) is 11.5. The van der Waals surface area contributed by atoms with E-state index in [-0.39, 0.29) is 0 Å². The number of rotatable bonds is 5. The molecular formula is C18H18N2O2. The SMILES string of the molecule is COC(=O)/C=C\C(=N\N(C)c1ccccc1)c1ccccc1. The molecule has 4 nitrogen and oxygen atoms in total. The smallest absolute Gasteiger partial charge is 0.330 e. The van der Waals surface area contributed by atoms with Crippen LogP contribution in [0.15, 0.2) is 77.9 Å². The van der Waals surface area contributed by atoms with Crippen molar-refractivity contribution in [3.63, 3.8) is 0 Å². The zero-order valence-electron chi connectivity index (χ0n) is 12.6. The fourth-order valence-electron chi connectivity index (χ4n) is 1.87. The molecule has 0 aliphatic rings. The number of allylic oxidation sites excluding steroid dienone is 1. The van der Waals surface area contributed by atoms with Gasteiger partial charge < -0.3 is 4.74 Å². The number of ether oxygens (including phenoxy) is 1. The fraction of sp³-hybridized carbons (Fsp3) is 0.111. The number of hydrazone groups is 1. The van der Waals surface area contributed by atoms with Gasteiger partial charge in [-0.1, -0.05) is 48.5 Å². The highest BCUT2D eigenvalue weighted by molar-refractivity contribution is 6.11. The number of methoxy groups -OCH3 is 1. The topological polar surface area (TPSA) is 41.9 Å². The Morgan fingerprint density at radius 3 is 2.18 bits per heavy atom. The van der Waals surface area contributed by atoms with Crippen molar-refractivity contribution in [3.8, 4) is 0 Å². The summed E-state index contributed by atoms with van der Waals surface area (Å²) >= 11 is 0. The van der Waals surface area contributed by atoms with Gasteiger partial charge in [0.05, 0.1) is 18.5 Å². The van der Waals surface area contributed by atoms with E-state index in [2.05, 4.69) is 9.84 Å². The summed E-state index contributed by atoms with van der Waals surface area (Å²) in [6.07, 6.45) is 3.02. The molecule has 0 aliphatic carbocycles. The summed E-state index contributed by atoms with van der Waals surface area (Å²) in [5, 5.41) is 6.35. The Hall–Kier alpha value is -2.88. The van der Waals surface area contributed by atoms with Gasteiger partial charge in [0.15, 0.2) is 0 Å². The second-order valence-electron chi connectivity index (χ2n) is 4.57. The third kappa shape index (κ3) is 4.31. The number of benzene rings is 2. The predicted molar refractivity (Wildman–Crippen MR) is 89.0 cm³/mol. The van der Waals surface area contributed by atoms with Gasteiger partial charge in [-0.2, -0.15) is 5.10 Å². The number of esters is 1. The first-order valence-corrected chi connectivity index (χ1v) is 6.89. The van der Waals surface area contributed by atoms with E-state index in [0.29, 0.717) is 5.71 Å². The van der Waals surface area contributed by atoms with Crippen molar-refractivity contribution in [1.82, 2.24) is 0 Å². The lowest BCUT2D eigenvalue weighted by atomic mass is 10.1. The molecule has 4 heteroatoms. The van der Waals surface area contributed by atoms with Crippen LogP contribution >= 0.6 is 0 Å². The molecule has 112 valence electrons. The quantitative estimate of drug-likeness (QED) is 0.368. The summed E-state index contributed by atoms with van der Waals surface area (Å²) in [5.74, 6) is -0.411. The second kappa shape index (κ2) is 7.78. The summed E-state index contributed by atoms with van der Waals surface area (Å²) in [4.78, 5) is 11.3. The number of hydrogen-bond donors (Lipinski definition) is 0. The lowest BCUT2D eigenvalue weighted by Gasteiger charge is -2.14. The first-order chi connectivity index (χ1) is 10.7. The molecule has 2 rings (SSSR count). The van der Waals surface area contributed by atoms with E-state index in [4.69, 9.17) is 0 Å². The Morgan fingerprint density at radius 1 is 1.00 bits per heavy atom. The highest BCUT2D eigenvalue weighted by atomic mass is 16.5. The highest BCUT2D eigenvalue weighted by Crippen LogP contribution is 2.13. The van der Waals surface area contributed by atoms with E-state index < -0.39 is 5.97 Å². The van der Waals surface area contributed by atoms with E-state index in [0.717, 1.165) is 11.3 Å². The molecule has 0 N–H and O–H groups in total. The number of hydrogen-bond acceptors (Lipinski definition) is 4. The Morgan fingerprint density at radius 2 is 1.59 bits per heavy atom. The van der Waals surface area contributed by atoms with E-state index in [9.17, 15) is 4.79 Å². The lowest BCUT2D eigenvalue weighted by Crippen LogP contribution is -2.13. The van der Waals surface area contributed by atoms with Crippen molar-refractivity contribution < 1.29 is 9.53 Å². The summed E-state index contributed by atoms with van der Waals surface area (Å²) in [7, 11) is 3.21. The average molecular weight is 294 g/mol. The van der Waals surface area contributed by atoms with Crippen LogP contribution in [0.5, 0.6) is 0 Å². The fourth-order valence-corrected chi connectivity index (χ4v) is 1.87. The highest BCUT2D eigenvalue weighted by Gasteiger charge is 2.04. The van der Waals surface area contributed by atoms with Crippen LogP contribution < -0.4 is 5.01 Å².